The first-order chi connectivity index (χ1) is 15.0. The van der Waals surface area contributed by atoms with E-state index in [1.165, 1.54) is 6.42 Å². The Hall–Kier alpha value is -2.68. The molecule has 1 unspecified atom stereocenters. The Morgan fingerprint density at radius 3 is 2.39 bits per heavy atom. The van der Waals surface area contributed by atoms with Crippen LogP contribution in [-0.4, -0.2) is 46.6 Å². The van der Waals surface area contributed by atoms with E-state index in [1.807, 2.05) is 12.1 Å². The number of pyridine rings is 1. The number of nitrogens with two attached hydrogens (primary N) is 1. The van der Waals surface area contributed by atoms with Gasteiger partial charge in [-0.3, -0.25) is 9.78 Å². The highest BCUT2D eigenvalue weighted by molar-refractivity contribution is 5.88. The monoisotopic (exact) mass is 433 g/mol. The van der Waals surface area contributed by atoms with Crippen LogP contribution in [0.1, 0.15) is 63.4 Å². The van der Waals surface area contributed by atoms with Gasteiger partial charge in [-0.15, -0.1) is 0 Å². The summed E-state index contributed by atoms with van der Waals surface area (Å²) in [7, 11) is 0. The van der Waals surface area contributed by atoms with Gasteiger partial charge in [0.25, 0.3) is 0 Å². The van der Waals surface area contributed by atoms with Gasteiger partial charge in [0.2, 0.25) is 5.91 Å². The molecule has 6 N–H and O–H groups in total. The van der Waals surface area contributed by atoms with Crippen molar-refractivity contribution in [1.29, 1.82) is 0 Å². The maximum Gasteiger partial charge on any atom is 0.326 e. The van der Waals surface area contributed by atoms with E-state index in [2.05, 4.69) is 20.9 Å². The molecule has 2 atom stereocenters. The number of aromatic nitrogens is 1. The topological polar surface area (TPSA) is 146 Å². The highest BCUT2D eigenvalue weighted by atomic mass is 16.4. The molecule has 0 radical (unpaired) electrons. The normalized spacial score (nSPS) is 16.2. The van der Waals surface area contributed by atoms with E-state index in [4.69, 9.17) is 5.73 Å². The number of urea groups is 1. The second kappa shape index (κ2) is 13.6. The van der Waals surface area contributed by atoms with Crippen molar-refractivity contribution in [2.45, 2.75) is 76.4 Å². The lowest BCUT2D eigenvalue weighted by Gasteiger charge is -2.27. The SMILES string of the molecule is NCCCCC(NC(=O)N[C@H](CC1CCCCC1)C(=O)NCc1ccncc1)C(=O)O. The van der Waals surface area contributed by atoms with Crippen molar-refractivity contribution in [3.8, 4) is 0 Å². The van der Waals surface area contributed by atoms with Crippen molar-refractivity contribution in [2.24, 2.45) is 11.7 Å². The average molecular weight is 434 g/mol. The Morgan fingerprint density at radius 1 is 1.06 bits per heavy atom. The fourth-order valence-corrected chi connectivity index (χ4v) is 3.91. The van der Waals surface area contributed by atoms with Gasteiger partial charge in [0.1, 0.15) is 12.1 Å². The first-order valence-corrected chi connectivity index (χ1v) is 11.2. The molecule has 1 fully saturated rings. The van der Waals surface area contributed by atoms with E-state index >= 15 is 0 Å². The van der Waals surface area contributed by atoms with Crippen molar-refractivity contribution in [1.82, 2.24) is 20.9 Å². The van der Waals surface area contributed by atoms with Crippen molar-refractivity contribution in [2.75, 3.05) is 6.54 Å². The Kier molecular flexibility index (Phi) is 10.8. The third kappa shape index (κ3) is 9.33. The van der Waals surface area contributed by atoms with Crippen LogP contribution in [0.3, 0.4) is 0 Å². The third-order valence-corrected chi connectivity index (χ3v) is 5.68. The summed E-state index contributed by atoms with van der Waals surface area (Å²) < 4.78 is 0. The number of carboxylic acid groups (broad SMARTS) is 1. The van der Waals surface area contributed by atoms with Crippen molar-refractivity contribution in [3.63, 3.8) is 0 Å². The first-order valence-electron chi connectivity index (χ1n) is 11.2. The molecule has 0 bridgehead atoms. The lowest BCUT2D eigenvalue weighted by Crippen LogP contribution is -2.53. The summed E-state index contributed by atoms with van der Waals surface area (Å²) in [6.45, 7) is 0.808. The van der Waals surface area contributed by atoms with E-state index in [-0.39, 0.29) is 5.91 Å². The molecule has 2 rings (SSSR count). The summed E-state index contributed by atoms with van der Waals surface area (Å²) in [6.07, 6.45) is 11.0. The maximum atomic E-state index is 12.9. The minimum atomic E-state index is -1.10. The second-order valence-corrected chi connectivity index (χ2v) is 8.16. The summed E-state index contributed by atoms with van der Waals surface area (Å²) in [5.74, 6) is -1.00. The number of rotatable bonds is 12. The Bertz CT molecular complexity index is 694. The largest absolute Gasteiger partial charge is 0.480 e. The summed E-state index contributed by atoms with van der Waals surface area (Å²) in [5, 5.41) is 17.5. The summed E-state index contributed by atoms with van der Waals surface area (Å²) in [5.41, 5.74) is 6.37. The van der Waals surface area contributed by atoms with E-state index in [0.717, 1.165) is 31.2 Å². The van der Waals surface area contributed by atoms with Gasteiger partial charge in [-0.25, -0.2) is 9.59 Å². The molecule has 0 saturated heterocycles. The molecular weight excluding hydrogens is 398 g/mol. The minimum Gasteiger partial charge on any atom is -0.480 e. The average Bonchev–Trinajstić information content (AvgIpc) is 2.77. The van der Waals surface area contributed by atoms with Crippen LogP contribution in [0.5, 0.6) is 0 Å². The van der Waals surface area contributed by atoms with Crippen LogP contribution in [0.25, 0.3) is 0 Å². The van der Waals surface area contributed by atoms with Crippen LogP contribution in [0.15, 0.2) is 24.5 Å². The second-order valence-electron chi connectivity index (χ2n) is 8.16. The number of carbonyl (C=O) groups is 3. The van der Waals surface area contributed by atoms with Gasteiger partial charge < -0.3 is 26.8 Å². The van der Waals surface area contributed by atoms with Crippen LogP contribution < -0.4 is 21.7 Å². The maximum absolute atomic E-state index is 12.9. The highest BCUT2D eigenvalue weighted by Crippen LogP contribution is 2.27. The molecule has 1 saturated carbocycles. The number of amides is 3. The number of carbonyl (C=O) groups excluding carboxylic acids is 2. The highest BCUT2D eigenvalue weighted by Gasteiger charge is 2.27. The van der Waals surface area contributed by atoms with Gasteiger partial charge >= 0.3 is 12.0 Å². The third-order valence-electron chi connectivity index (χ3n) is 5.68. The zero-order chi connectivity index (χ0) is 22.5. The fraction of sp³-hybridized carbons (Fsp3) is 0.636. The predicted molar refractivity (Wildman–Crippen MR) is 117 cm³/mol. The number of unbranched alkanes of at least 4 members (excludes halogenated alkanes) is 1. The number of hydrogen-bond acceptors (Lipinski definition) is 5. The summed E-state index contributed by atoms with van der Waals surface area (Å²) in [4.78, 5) is 40.8. The lowest BCUT2D eigenvalue weighted by molar-refractivity contribution is -0.139. The summed E-state index contributed by atoms with van der Waals surface area (Å²) >= 11 is 0. The van der Waals surface area contributed by atoms with Gasteiger partial charge in [-0.2, -0.15) is 0 Å². The Balaban J connectivity index is 1.96. The van der Waals surface area contributed by atoms with Crippen LogP contribution in [0, 0.1) is 5.92 Å². The number of nitrogens with zero attached hydrogens (tertiary/aromatic N) is 1. The van der Waals surface area contributed by atoms with Crippen molar-refractivity contribution < 1.29 is 19.5 Å². The zero-order valence-corrected chi connectivity index (χ0v) is 18.0. The number of carboxylic acids is 1. The van der Waals surface area contributed by atoms with E-state index < -0.39 is 24.1 Å². The summed E-state index contributed by atoms with van der Waals surface area (Å²) in [6, 6.07) is 1.26. The molecule has 1 aliphatic rings. The zero-order valence-electron chi connectivity index (χ0n) is 18.0. The quantitative estimate of drug-likeness (QED) is 0.318. The molecule has 1 aromatic heterocycles. The minimum absolute atomic E-state index is 0.271. The number of aliphatic carboxylic acids is 1. The first kappa shape index (κ1) is 24.6. The smallest absolute Gasteiger partial charge is 0.326 e. The fourth-order valence-electron chi connectivity index (χ4n) is 3.91. The van der Waals surface area contributed by atoms with Gasteiger partial charge in [0.15, 0.2) is 0 Å². The Morgan fingerprint density at radius 2 is 1.74 bits per heavy atom. The number of hydrogen-bond donors (Lipinski definition) is 5. The molecule has 1 aromatic rings. The molecule has 1 aliphatic carbocycles. The van der Waals surface area contributed by atoms with Gasteiger partial charge in [-0.1, -0.05) is 32.1 Å². The van der Waals surface area contributed by atoms with Crippen LogP contribution in [0.4, 0.5) is 4.79 Å². The van der Waals surface area contributed by atoms with E-state index in [0.29, 0.717) is 44.7 Å². The lowest BCUT2D eigenvalue weighted by atomic mass is 9.84. The molecule has 3 amide bonds. The molecule has 1 heterocycles. The van der Waals surface area contributed by atoms with E-state index in [9.17, 15) is 19.5 Å². The molecule has 0 aromatic carbocycles. The molecule has 9 heteroatoms. The van der Waals surface area contributed by atoms with Crippen LogP contribution >= 0.6 is 0 Å². The molecule has 31 heavy (non-hydrogen) atoms. The molecule has 0 aliphatic heterocycles. The molecule has 172 valence electrons. The van der Waals surface area contributed by atoms with E-state index in [1.54, 1.807) is 12.4 Å². The van der Waals surface area contributed by atoms with Crippen molar-refractivity contribution in [3.05, 3.63) is 30.1 Å². The van der Waals surface area contributed by atoms with Crippen LogP contribution in [0.2, 0.25) is 0 Å². The Labute approximate surface area is 183 Å². The van der Waals surface area contributed by atoms with Gasteiger partial charge in [-0.05, 0) is 55.8 Å². The van der Waals surface area contributed by atoms with Crippen LogP contribution in [-0.2, 0) is 16.1 Å². The van der Waals surface area contributed by atoms with Gasteiger partial charge in [0, 0.05) is 18.9 Å². The standard InChI is InChI=1S/C22H35N5O4/c23-11-5-4-8-18(21(29)30)26-22(31)27-19(14-16-6-2-1-3-7-16)20(28)25-15-17-9-12-24-13-10-17/h9-10,12-13,16,18-19H,1-8,11,14-15,23H2,(H,25,28)(H,29,30)(H2,26,27,31)/t18?,19-/m1/s1. The molecular formula is C22H35N5O4. The van der Waals surface area contributed by atoms with Crippen molar-refractivity contribution >= 4 is 17.9 Å². The predicted octanol–water partition coefficient (Wildman–Crippen LogP) is 1.92. The number of nitrogens with one attached hydrogen (secondary N) is 3. The molecule has 9 nitrogen and oxygen atoms in total. The van der Waals surface area contributed by atoms with Gasteiger partial charge in [0.05, 0.1) is 0 Å². The molecule has 0 spiro atoms.